The molecule has 0 aromatic carbocycles. The largest absolute Gasteiger partial charge is 0.455 e. The van der Waals surface area contributed by atoms with Gasteiger partial charge in [-0.05, 0) is 45.6 Å². The second kappa shape index (κ2) is 5.43. The van der Waals surface area contributed by atoms with E-state index >= 15 is 0 Å². The van der Waals surface area contributed by atoms with E-state index in [1.54, 1.807) is 6.08 Å². The number of hydrogen-bond donors (Lipinski definition) is 0. The Kier molecular flexibility index (Phi) is 4.60. The summed E-state index contributed by atoms with van der Waals surface area (Å²) in [6.07, 6.45) is 4.11. The molecule has 0 N–H and O–H groups in total. The van der Waals surface area contributed by atoms with Crippen molar-refractivity contribution in [2.75, 3.05) is 0 Å². The smallest absolute Gasteiger partial charge is 0.306 e. The quantitative estimate of drug-likeness (QED) is 0.396. The highest BCUT2D eigenvalue weighted by atomic mass is 16.6. The van der Waals surface area contributed by atoms with E-state index in [1.165, 1.54) is 0 Å². The van der Waals surface area contributed by atoms with E-state index in [0.29, 0.717) is 12.3 Å². The van der Waals surface area contributed by atoms with Gasteiger partial charge in [-0.15, -0.1) is 0 Å². The Bertz CT molecular complexity index is 320. The van der Waals surface area contributed by atoms with E-state index in [2.05, 4.69) is 20.4 Å². The first kappa shape index (κ1) is 15.2. The zero-order valence-electron chi connectivity index (χ0n) is 12.3. The van der Waals surface area contributed by atoms with E-state index in [0.717, 1.165) is 12.8 Å². The number of rotatable bonds is 7. The fourth-order valence-electron chi connectivity index (χ4n) is 1.99. The maximum atomic E-state index is 11.7. The molecule has 0 saturated carbocycles. The maximum Gasteiger partial charge on any atom is 0.306 e. The number of carbonyl (C=O) groups excluding carboxylic acids is 1. The fourth-order valence-corrected chi connectivity index (χ4v) is 1.99. The molecule has 0 radical (unpaired) electrons. The lowest BCUT2D eigenvalue weighted by Gasteiger charge is -2.26. The molecule has 1 aliphatic heterocycles. The number of ether oxygens (including phenoxy) is 2. The molecule has 1 saturated heterocycles. The third-order valence-corrected chi connectivity index (χ3v) is 3.42. The van der Waals surface area contributed by atoms with Crippen LogP contribution in [0.2, 0.25) is 0 Å². The van der Waals surface area contributed by atoms with Crippen molar-refractivity contribution in [1.82, 2.24) is 0 Å². The Morgan fingerprint density at radius 2 is 2.11 bits per heavy atom. The highest BCUT2D eigenvalue weighted by molar-refractivity contribution is 5.70. The average molecular weight is 254 g/mol. The molecule has 2 unspecified atom stereocenters. The molecule has 18 heavy (non-hydrogen) atoms. The highest BCUT2D eigenvalue weighted by Gasteiger charge is 2.48. The minimum absolute atomic E-state index is 0.00990. The van der Waals surface area contributed by atoms with Crippen LogP contribution in [0, 0.1) is 5.92 Å². The van der Waals surface area contributed by atoms with Crippen LogP contribution in [0.4, 0.5) is 0 Å². The molecule has 1 fully saturated rings. The van der Waals surface area contributed by atoms with E-state index in [9.17, 15) is 4.79 Å². The normalized spacial score (nSPS) is 24.4. The molecule has 104 valence electrons. The summed E-state index contributed by atoms with van der Waals surface area (Å²) in [5, 5.41) is 0. The number of esters is 1. The molecule has 1 rings (SSSR count). The summed E-state index contributed by atoms with van der Waals surface area (Å²) in [5.74, 6) is 0.167. The van der Waals surface area contributed by atoms with Gasteiger partial charge in [0.05, 0.1) is 11.7 Å². The van der Waals surface area contributed by atoms with E-state index in [4.69, 9.17) is 9.47 Å². The van der Waals surface area contributed by atoms with Crippen molar-refractivity contribution in [2.45, 2.75) is 71.2 Å². The number of carbonyl (C=O) groups is 1. The first-order chi connectivity index (χ1) is 8.18. The summed E-state index contributed by atoms with van der Waals surface area (Å²) < 4.78 is 11.1. The Morgan fingerprint density at radius 3 is 2.50 bits per heavy atom. The van der Waals surface area contributed by atoms with Crippen molar-refractivity contribution < 1.29 is 14.3 Å². The molecule has 3 heteroatoms. The van der Waals surface area contributed by atoms with Crippen LogP contribution in [-0.2, 0) is 14.3 Å². The topological polar surface area (TPSA) is 38.8 Å². The molecule has 1 aliphatic rings. The van der Waals surface area contributed by atoms with E-state index in [1.807, 2.05) is 20.8 Å². The Morgan fingerprint density at radius 1 is 1.56 bits per heavy atom. The van der Waals surface area contributed by atoms with Crippen LogP contribution in [0.5, 0.6) is 0 Å². The van der Waals surface area contributed by atoms with Gasteiger partial charge in [0.1, 0.15) is 5.60 Å². The van der Waals surface area contributed by atoms with Crippen LogP contribution in [0.3, 0.4) is 0 Å². The van der Waals surface area contributed by atoms with Crippen molar-refractivity contribution >= 4 is 5.97 Å². The lowest BCUT2D eigenvalue weighted by atomic mass is 9.95. The molecule has 0 bridgehead atoms. The van der Waals surface area contributed by atoms with Crippen LogP contribution < -0.4 is 0 Å². The van der Waals surface area contributed by atoms with Crippen LogP contribution in [0.25, 0.3) is 0 Å². The van der Waals surface area contributed by atoms with Gasteiger partial charge in [0.2, 0.25) is 0 Å². The third kappa shape index (κ3) is 4.45. The van der Waals surface area contributed by atoms with E-state index < -0.39 is 5.60 Å². The van der Waals surface area contributed by atoms with Gasteiger partial charge in [0.25, 0.3) is 0 Å². The Labute approximate surface area is 111 Å². The maximum absolute atomic E-state index is 11.7. The molecule has 0 spiro atoms. The summed E-state index contributed by atoms with van der Waals surface area (Å²) in [7, 11) is 0. The molecule has 0 aromatic rings. The Balaban J connectivity index is 2.42. The monoisotopic (exact) mass is 254 g/mol. The van der Waals surface area contributed by atoms with Gasteiger partial charge in [-0.1, -0.05) is 20.4 Å². The van der Waals surface area contributed by atoms with Crippen molar-refractivity contribution in [1.29, 1.82) is 0 Å². The van der Waals surface area contributed by atoms with Crippen molar-refractivity contribution in [3.63, 3.8) is 0 Å². The second-order valence-electron chi connectivity index (χ2n) is 6.34. The zero-order valence-corrected chi connectivity index (χ0v) is 12.3. The molecule has 0 amide bonds. The summed E-state index contributed by atoms with van der Waals surface area (Å²) in [4.78, 5) is 11.7. The molecule has 3 nitrogen and oxygen atoms in total. The number of hydrogen-bond acceptors (Lipinski definition) is 3. The first-order valence-electron chi connectivity index (χ1n) is 6.72. The molecule has 0 aromatic heterocycles. The standard InChI is InChI=1S/C15H26O3/c1-7-15(6,18-13(16)10-11(2)3)9-8-12-14(4,5)17-12/h7,11-12H,1,8-10H2,2-6H3. The SMILES string of the molecule is C=CC(C)(CCC1OC1(C)C)OC(=O)CC(C)C. The predicted octanol–water partition coefficient (Wildman–Crippen LogP) is 3.48. The summed E-state index contributed by atoms with van der Waals surface area (Å²) in [6.45, 7) is 13.9. The van der Waals surface area contributed by atoms with Gasteiger partial charge < -0.3 is 9.47 Å². The third-order valence-electron chi connectivity index (χ3n) is 3.42. The lowest BCUT2D eigenvalue weighted by Crippen LogP contribution is -2.30. The average Bonchev–Trinajstić information content (AvgIpc) is 2.82. The molecule has 1 heterocycles. The highest BCUT2D eigenvalue weighted by Crippen LogP contribution is 2.40. The van der Waals surface area contributed by atoms with Crippen LogP contribution in [0.15, 0.2) is 12.7 Å². The van der Waals surface area contributed by atoms with Gasteiger partial charge >= 0.3 is 5.97 Å². The van der Waals surface area contributed by atoms with Gasteiger partial charge in [-0.3, -0.25) is 4.79 Å². The molecule has 0 aliphatic carbocycles. The van der Waals surface area contributed by atoms with Crippen molar-refractivity contribution in [3.8, 4) is 0 Å². The van der Waals surface area contributed by atoms with Gasteiger partial charge in [0.15, 0.2) is 0 Å². The van der Waals surface area contributed by atoms with E-state index in [-0.39, 0.29) is 17.7 Å². The minimum Gasteiger partial charge on any atom is -0.455 e. The predicted molar refractivity (Wildman–Crippen MR) is 72.3 cm³/mol. The lowest BCUT2D eigenvalue weighted by molar-refractivity contribution is -0.155. The van der Waals surface area contributed by atoms with Gasteiger partial charge in [0, 0.05) is 6.42 Å². The van der Waals surface area contributed by atoms with Crippen molar-refractivity contribution in [3.05, 3.63) is 12.7 Å². The van der Waals surface area contributed by atoms with Crippen molar-refractivity contribution in [2.24, 2.45) is 5.92 Å². The van der Waals surface area contributed by atoms with Gasteiger partial charge in [-0.2, -0.15) is 0 Å². The zero-order chi connectivity index (χ0) is 14.0. The Hall–Kier alpha value is -0.830. The summed E-state index contributed by atoms with van der Waals surface area (Å²) in [5.41, 5.74) is -0.585. The van der Waals surface area contributed by atoms with Gasteiger partial charge in [-0.25, -0.2) is 0 Å². The van der Waals surface area contributed by atoms with Crippen LogP contribution in [-0.4, -0.2) is 23.3 Å². The summed E-state index contributed by atoms with van der Waals surface area (Å²) >= 11 is 0. The van der Waals surface area contributed by atoms with Crippen LogP contribution in [0.1, 0.15) is 53.9 Å². The molecule has 2 atom stereocenters. The second-order valence-corrected chi connectivity index (χ2v) is 6.34. The fraction of sp³-hybridized carbons (Fsp3) is 0.800. The number of epoxide rings is 1. The summed E-state index contributed by atoms with van der Waals surface area (Å²) in [6, 6.07) is 0. The first-order valence-corrected chi connectivity index (χ1v) is 6.72. The molecular weight excluding hydrogens is 228 g/mol. The minimum atomic E-state index is -0.575. The molecular formula is C15H26O3. The van der Waals surface area contributed by atoms with Crippen LogP contribution >= 0.6 is 0 Å².